The van der Waals surface area contributed by atoms with Crippen molar-refractivity contribution < 1.29 is 0 Å². The minimum absolute atomic E-state index is 0.0807. The zero-order chi connectivity index (χ0) is 44.3. The maximum Gasteiger partial charge on any atom is 0.160 e. The first-order valence-corrected chi connectivity index (χ1v) is 23.8. The fourth-order valence-corrected chi connectivity index (χ4v) is 11.3. The Bertz CT molecular complexity index is 3620. The summed E-state index contributed by atoms with van der Waals surface area (Å²) in [4.78, 5) is 10.4. The summed E-state index contributed by atoms with van der Waals surface area (Å²) in [6, 6.07) is 81.8. The van der Waals surface area contributed by atoms with Crippen molar-refractivity contribution in [1.82, 2.24) is 14.5 Å². The Morgan fingerprint density at radius 3 is 1.55 bits per heavy atom. The van der Waals surface area contributed by atoms with Crippen LogP contribution in [0.15, 0.2) is 224 Å². The lowest BCUT2D eigenvalue weighted by molar-refractivity contribution is 0.353. The van der Waals surface area contributed by atoms with Crippen molar-refractivity contribution in [3.63, 3.8) is 0 Å². The third kappa shape index (κ3) is 6.72. The van der Waals surface area contributed by atoms with Crippen LogP contribution in [0.1, 0.15) is 43.2 Å². The van der Waals surface area contributed by atoms with E-state index >= 15 is 0 Å². The highest BCUT2D eigenvalue weighted by atomic mass is 15.0. The van der Waals surface area contributed by atoms with Crippen molar-refractivity contribution in [3.05, 3.63) is 236 Å². The molecular weight excluding hydrogens is 811 g/mol. The van der Waals surface area contributed by atoms with E-state index in [4.69, 9.17) is 9.97 Å². The lowest BCUT2D eigenvalue weighted by atomic mass is 9.68. The average molecular weight is 858 g/mol. The molecule has 2 aromatic heterocycles. The van der Waals surface area contributed by atoms with E-state index in [0.29, 0.717) is 5.82 Å². The van der Waals surface area contributed by atoms with Gasteiger partial charge in [-0.05, 0) is 111 Å². The molecule has 67 heavy (non-hydrogen) atoms. The largest absolute Gasteiger partial charge is 0.309 e. The summed E-state index contributed by atoms with van der Waals surface area (Å²) in [5.74, 6) is 0.704. The van der Waals surface area contributed by atoms with E-state index in [1.54, 1.807) is 0 Å². The molecule has 2 aliphatic carbocycles. The second-order valence-electron chi connectivity index (χ2n) is 18.4. The maximum atomic E-state index is 5.26. The minimum atomic E-state index is 0.0807. The molecule has 1 fully saturated rings. The molecule has 11 aromatic rings. The fraction of sp³-hybridized carbons (Fsp3) is 0.0938. The van der Waals surface area contributed by atoms with Gasteiger partial charge >= 0.3 is 0 Å². The monoisotopic (exact) mass is 857 g/mol. The Labute approximate surface area is 391 Å². The van der Waals surface area contributed by atoms with Crippen molar-refractivity contribution in [2.75, 3.05) is 0 Å². The molecule has 1 spiro atoms. The van der Waals surface area contributed by atoms with Crippen LogP contribution < -0.4 is 0 Å². The van der Waals surface area contributed by atoms with Crippen LogP contribution in [-0.4, -0.2) is 14.5 Å². The predicted molar refractivity (Wildman–Crippen MR) is 278 cm³/mol. The lowest BCUT2D eigenvalue weighted by Gasteiger charge is -2.36. The number of fused-ring (bicyclic) bond motifs is 8. The van der Waals surface area contributed by atoms with Crippen LogP contribution in [0.3, 0.4) is 0 Å². The Kier molecular flexibility index (Phi) is 9.42. The molecule has 0 bridgehead atoms. The SMILES string of the molecule is c1ccc(-c2ccc(-c3nc(-c4ccccc4)cc(-c4cccc(-c5ccc6c7cc8c(cc7n(-c7ccc(-c9ccccc9)cc7)c6c5)-c5ccccc5C85CCCCC5)c4)n3)cc2)cc1. The quantitative estimate of drug-likeness (QED) is 0.160. The molecule has 0 aliphatic heterocycles. The van der Waals surface area contributed by atoms with Crippen LogP contribution in [0.5, 0.6) is 0 Å². The van der Waals surface area contributed by atoms with Gasteiger partial charge in [0.05, 0.1) is 22.4 Å². The second kappa shape index (κ2) is 16.1. The Hall–Kier alpha value is -8.14. The lowest BCUT2D eigenvalue weighted by Crippen LogP contribution is -2.27. The van der Waals surface area contributed by atoms with E-state index in [-0.39, 0.29) is 5.41 Å². The molecular formula is C64H47N3. The predicted octanol–water partition coefficient (Wildman–Crippen LogP) is 16.8. The summed E-state index contributed by atoms with van der Waals surface area (Å²) in [6.45, 7) is 0. The number of rotatable bonds is 7. The molecule has 9 aromatic carbocycles. The molecule has 2 aliphatic rings. The van der Waals surface area contributed by atoms with Crippen molar-refractivity contribution in [2.45, 2.75) is 37.5 Å². The third-order valence-corrected chi connectivity index (χ3v) is 14.6. The Morgan fingerprint density at radius 1 is 0.328 bits per heavy atom. The number of hydrogen-bond donors (Lipinski definition) is 0. The topological polar surface area (TPSA) is 30.7 Å². The second-order valence-corrected chi connectivity index (χ2v) is 18.4. The van der Waals surface area contributed by atoms with Crippen molar-refractivity contribution in [1.29, 1.82) is 0 Å². The number of nitrogens with zero attached hydrogens (tertiary/aromatic N) is 3. The normalized spacial score (nSPS) is 13.8. The standard InChI is InChI=1S/C64H47N3/c1-5-16-43(17-6-1)45-26-28-48(29-27-45)63-65-59(47-20-9-3-10-21-47)42-60(66-63)51-23-15-22-49(38-51)50-32-35-54-56-40-58-55(53-24-11-12-25-57(53)64(58)36-13-4-14-37-64)41-62(56)67(61(54)39-50)52-33-30-46(31-34-52)44-18-7-2-8-19-44/h1-3,5-12,15-35,38-42H,4,13-14,36-37H2. The highest BCUT2D eigenvalue weighted by Crippen LogP contribution is 2.57. The smallest absolute Gasteiger partial charge is 0.160 e. The molecule has 0 atom stereocenters. The molecule has 0 amide bonds. The molecule has 0 radical (unpaired) electrons. The van der Waals surface area contributed by atoms with Gasteiger partial charge in [0, 0.05) is 38.6 Å². The van der Waals surface area contributed by atoms with Gasteiger partial charge in [0.2, 0.25) is 0 Å². The van der Waals surface area contributed by atoms with Gasteiger partial charge in [-0.3, -0.25) is 0 Å². The summed E-state index contributed by atoms with van der Waals surface area (Å²) < 4.78 is 2.51. The number of hydrogen-bond acceptors (Lipinski definition) is 2. The van der Waals surface area contributed by atoms with E-state index < -0.39 is 0 Å². The van der Waals surface area contributed by atoms with Crippen LogP contribution >= 0.6 is 0 Å². The Balaban J connectivity index is 0.958. The van der Waals surface area contributed by atoms with Crippen LogP contribution in [0, 0.1) is 0 Å². The Morgan fingerprint density at radius 2 is 0.851 bits per heavy atom. The van der Waals surface area contributed by atoms with Crippen LogP contribution in [0.25, 0.3) is 106 Å². The highest BCUT2D eigenvalue weighted by molar-refractivity contribution is 6.12. The van der Waals surface area contributed by atoms with E-state index in [1.165, 1.54) is 98.4 Å². The van der Waals surface area contributed by atoms with Crippen LogP contribution in [0.4, 0.5) is 0 Å². The van der Waals surface area contributed by atoms with Gasteiger partial charge in [0.25, 0.3) is 0 Å². The molecule has 318 valence electrons. The molecule has 3 nitrogen and oxygen atoms in total. The van der Waals surface area contributed by atoms with E-state index in [2.05, 4.69) is 223 Å². The first-order chi connectivity index (χ1) is 33.2. The molecule has 13 rings (SSSR count). The average Bonchev–Trinajstić information content (AvgIpc) is 3.87. The van der Waals surface area contributed by atoms with Gasteiger partial charge < -0.3 is 4.57 Å². The maximum absolute atomic E-state index is 5.26. The van der Waals surface area contributed by atoms with Gasteiger partial charge in [0.1, 0.15) is 0 Å². The molecule has 1 saturated carbocycles. The van der Waals surface area contributed by atoms with E-state index in [1.807, 2.05) is 6.07 Å². The summed E-state index contributed by atoms with van der Waals surface area (Å²) in [5, 5.41) is 2.59. The van der Waals surface area contributed by atoms with Gasteiger partial charge in [-0.25, -0.2) is 9.97 Å². The van der Waals surface area contributed by atoms with Gasteiger partial charge in [-0.15, -0.1) is 0 Å². The van der Waals surface area contributed by atoms with Crippen molar-refractivity contribution in [3.8, 4) is 84.1 Å². The van der Waals surface area contributed by atoms with Crippen LogP contribution in [0.2, 0.25) is 0 Å². The van der Waals surface area contributed by atoms with Crippen molar-refractivity contribution in [2.24, 2.45) is 0 Å². The van der Waals surface area contributed by atoms with Gasteiger partial charge in [0.15, 0.2) is 5.82 Å². The highest BCUT2D eigenvalue weighted by Gasteiger charge is 2.44. The molecule has 0 unspecified atom stereocenters. The first-order valence-electron chi connectivity index (χ1n) is 23.8. The molecule has 0 saturated heterocycles. The summed E-state index contributed by atoms with van der Waals surface area (Å²) in [6.07, 6.45) is 6.29. The zero-order valence-electron chi connectivity index (χ0n) is 37.2. The van der Waals surface area contributed by atoms with E-state index in [9.17, 15) is 0 Å². The first kappa shape index (κ1) is 39.2. The molecule has 0 N–H and O–H groups in total. The molecule has 3 heteroatoms. The number of benzene rings is 9. The fourth-order valence-electron chi connectivity index (χ4n) is 11.3. The van der Waals surface area contributed by atoms with Gasteiger partial charge in [-0.2, -0.15) is 0 Å². The summed E-state index contributed by atoms with van der Waals surface area (Å²) >= 11 is 0. The minimum Gasteiger partial charge on any atom is -0.309 e. The third-order valence-electron chi connectivity index (χ3n) is 14.6. The van der Waals surface area contributed by atoms with Crippen molar-refractivity contribution >= 4 is 21.8 Å². The van der Waals surface area contributed by atoms with E-state index in [0.717, 1.165) is 44.9 Å². The zero-order valence-corrected chi connectivity index (χ0v) is 37.2. The number of aromatic nitrogens is 3. The van der Waals surface area contributed by atoms with Crippen LogP contribution in [-0.2, 0) is 5.41 Å². The molecule has 2 heterocycles. The summed E-state index contributed by atoms with van der Waals surface area (Å²) in [7, 11) is 0. The van der Waals surface area contributed by atoms with Gasteiger partial charge in [-0.1, -0.05) is 201 Å². The summed E-state index contributed by atoms with van der Waals surface area (Å²) in [5.41, 5.74) is 21.5.